The van der Waals surface area contributed by atoms with E-state index in [1.165, 1.54) is 11.1 Å². The normalized spacial score (nSPS) is 14.3. The molecule has 0 bridgehead atoms. The highest BCUT2D eigenvalue weighted by molar-refractivity contribution is 5.79. The Morgan fingerprint density at radius 1 is 1.00 bits per heavy atom. The third-order valence-corrected chi connectivity index (χ3v) is 6.07. The molecule has 1 aliphatic rings. The fraction of sp³-hybridized carbons (Fsp3) is 0.269. The van der Waals surface area contributed by atoms with Gasteiger partial charge in [0.2, 0.25) is 0 Å². The van der Waals surface area contributed by atoms with Crippen molar-refractivity contribution in [2.24, 2.45) is 0 Å². The molecule has 3 aromatic rings. The highest BCUT2D eigenvalue weighted by Gasteiger charge is 2.29. The number of alkyl carbamates (subject to hydrolysis) is 1. The molecule has 0 saturated carbocycles. The number of carbonyl (C=O) groups is 1. The monoisotopic (exact) mass is 432 g/mol. The number of nitrogen functional groups attached to an aromatic ring is 1. The summed E-state index contributed by atoms with van der Waals surface area (Å²) in [6.45, 7) is 2.22. The number of ether oxygens (including phenoxy) is 1. The lowest BCUT2D eigenvalue weighted by molar-refractivity contribution is 0.0137. The van der Waals surface area contributed by atoms with E-state index in [-0.39, 0.29) is 25.5 Å². The number of hydrogen-bond acceptors (Lipinski definition) is 5. The highest BCUT2D eigenvalue weighted by atomic mass is 16.5. The summed E-state index contributed by atoms with van der Waals surface area (Å²) in [7, 11) is 0. The summed E-state index contributed by atoms with van der Waals surface area (Å²) in [5.74, 6) is -0.00964. The molecule has 5 N–H and O–H groups in total. The lowest BCUT2D eigenvalue weighted by atomic mass is 9.96. The maximum Gasteiger partial charge on any atom is 0.407 e. The molecule has 6 heteroatoms. The Hall–Kier alpha value is -3.35. The van der Waals surface area contributed by atoms with E-state index < -0.39 is 18.3 Å². The zero-order valence-electron chi connectivity index (χ0n) is 18.0. The molecule has 2 unspecified atom stereocenters. The van der Waals surface area contributed by atoms with Gasteiger partial charge in [0.05, 0.1) is 6.10 Å². The summed E-state index contributed by atoms with van der Waals surface area (Å²) in [6, 6.07) is 21.6. The molecule has 0 fully saturated rings. The van der Waals surface area contributed by atoms with Crippen LogP contribution < -0.4 is 11.1 Å². The molecule has 1 aliphatic carbocycles. The van der Waals surface area contributed by atoms with Crippen molar-refractivity contribution >= 4 is 11.8 Å². The van der Waals surface area contributed by atoms with Crippen LogP contribution in [0.5, 0.6) is 0 Å². The lowest BCUT2D eigenvalue weighted by Gasteiger charge is -2.21. The fourth-order valence-electron chi connectivity index (χ4n) is 4.43. The van der Waals surface area contributed by atoms with Gasteiger partial charge in [-0.3, -0.25) is 0 Å². The average molecular weight is 433 g/mol. The molecule has 6 nitrogen and oxygen atoms in total. The van der Waals surface area contributed by atoms with E-state index >= 15 is 0 Å². The smallest absolute Gasteiger partial charge is 0.407 e. The number of anilines is 1. The molecule has 0 radical (unpaired) electrons. The molecule has 0 aliphatic heterocycles. The number of fused-ring (bicyclic) bond motifs is 3. The van der Waals surface area contributed by atoms with Crippen LogP contribution in [0.1, 0.15) is 40.7 Å². The SMILES string of the molecule is Cc1cccc(N)c1C(O)C(O)CCNC(=O)OCC1c2ccccc2-c2ccccc21. The molecule has 1 amide bonds. The fourth-order valence-corrected chi connectivity index (χ4v) is 4.43. The molecule has 0 aromatic heterocycles. The first-order valence-electron chi connectivity index (χ1n) is 10.8. The standard InChI is InChI=1S/C26H28N2O4/c1-16-7-6-12-22(27)24(16)25(30)23(29)13-14-28-26(31)32-15-21-19-10-4-2-8-17(19)18-9-3-5-11-20(18)21/h2-12,21,23,25,29-30H,13-15,27H2,1H3,(H,28,31). The first-order chi connectivity index (χ1) is 15.5. The molecule has 0 saturated heterocycles. The molecule has 32 heavy (non-hydrogen) atoms. The van der Waals surface area contributed by atoms with E-state index in [0.717, 1.165) is 16.7 Å². The van der Waals surface area contributed by atoms with E-state index in [2.05, 4.69) is 29.6 Å². The van der Waals surface area contributed by atoms with Gasteiger partial charge in [0.25, 0.3) is 0 Å². The topological polar surface area (TPSA) is 105 Å². The van der Waals surface area contributed by atoms with Crippen LogP contribution in [0, 0.1) is 6.92 Å². The third-order valence-electron chi connectivity index (χ3n) is 6.07. The Kier molecular flexibility index (Phi) is 6.44. The second-order valence-electron chi connectivity index (χ2n) is 8.13. The number of aliphatic hydroxyl groups is 2. The molecule has 166 valence electrons. The van der Waals surface area contributed by atoms with Crippen molar-refractivity contribution in [3.8, 4) is 11.1 Å². The lowest BCUT2D eigenvalue weighted by Crippen LogP contribution is -2.31. The minimum Gasteiger partial charge on any atom is -0.449 e. The number of carbonyl (C=O) groups excluding carboxylic acids is 1. The number of hydrogen-bond donors (Lipinski definition) is 4. The van der Waals surface area contributed by atoms with Gasteiger partial charge in [-0.25, -0.2) is 4.79 Å². The second-order valence-corrected chi connectivity index (χ2v) is 8.13. The molecule has 0 heterocycles. The predicted molar refractivity (Wildman–Crippen MR) is 124 cm³/mol. The van der Waals surface area contributed by atoms with Crippen LogP contribution in [0.3, 0.4) is 0 Å². The number of aryl methyl sites for hydroxylation is 1. The zero-order valence-corrected chi connectivity index (χ0v) is 18.0. The Morgan fingerprint density at radius 2 is 1.62 bits per heavy atom. The van der Waals surface area contributed by atoms with E-state index in [4.69, 9.17) is 10.5 Å². The van der Waals surface area contributed by atoms with Gasteiger partial charge in [0.15, 0.2) is 0 Å². The van der Waals surface area contributed by atoms with E-state index in [0.29, 0.717) is 11.3 Å². The zero-order chi connectivity index (χ0) is 22.7. The van der Waals surface area contributed by atoms with Crippen molar-refractivity contribution in [1.82, 2.24) is 5.32 Å². The largest absolute Gasteiger partial charge is 0.449 e. The average Bonchev–Trinajstić information content (AvgIpc) is 3.11. The highest BCUT2D eigenvalue weighted by Crippen LogP contribution is 2.44. The number of benzene rings is 3. The summed E-state index contributed by atoms with van der Waals surface area (Å²) in [4.78, 5) is 12.3. The van der Waals surface area contributed by atoms with Gasteiger partial charge < -0.3 is 26.0 Å². The number of nitrogens with one attached hydrogen (secondary N) is 1. The van der Waals surface area contributed by atoms with Gasteiger partial charge in [-0.15, -0.1) is 0 Å². The van der Waals surface area contributed by atoms with Crippen molar-refractivity contribution in [3.63, 3.8) is 0 Å². The van der Waals surface area contributed by atoms with Gasteiger partial charge in [-0.2, -0.15) is 0 Å². The van der Waals surface area contributed by atoms with Crippen molar-refractivity contribution in [3.05, 3.63) is 89.0 Å². The van der Waals surface area contributed by atoms with E-state index in [1.54, 1.807) is 12.1 Å². The minimum atomic E-state index is -1.12. The Balaban J connectivity index is 1.30. The van der Waals surface area contributed by atoms with Crippen LogP contribution in [0.2, 0.25) is 0 Å². The predicted octanol–water partition coefficient (Wildman–Crippen LogP) is 3.90. The van der Waals surface area contributed by atoms with E-state index in [1.807, 2.05) is 37.3 Å². The summed E-state index contributed by atoms with van der Waals surface area (Å²) >= 11 is 0. The number of nitrogens with two attached hydrogens (primary N) is 1. The quantitative estimate of drug-likeness (QED) is 0.424. The number of aliphatic hydroxyl groups excluding tert-OH is 2. The number of rotatable bonds is 7. The van der Waals surface area contributed by atoms with Crippen LogP contribution in [-0.2, 0) is 4.74 Å². The molecular weight excluding hydrogens is 404 g/mol. The van der Waals surface area contributed by atoms with Crippen molar-refractivity contribution in [1.29, 1.82) is 0 Å². The first-order valence-corrected chi connectivity index (χ1v) is 10.8. The van der Waals surface area contributed by atoms with Crippen LogP contribution >= 0.6 is 0 Å². The van der Waals surface area contributed by atoms with Crippen LogP contribution in [0.15, 0.2) is 66.7 Å². The summed E-state index contributed by atoms with van der Waals surface area (Å²) < 4.78 is 5.49. The van der Waals surface area contributed by atoms with Gasteiger partial charge in [0.1, 0.15) is 12.7 Å². The second kappa shape index (κ2) is 9.42. The van der Waals surface area contributed by atoms with Crippen molar-refractivity contribution < 1.29 is 19.7 Å². The van der Waals surface area contributed by atoms with E-state index in [9.17, 15) is 15.0 Å². The molecule has 0 spiro atoms. The van der Waals surface area contributed by atoms with Crippen molar-refractivity contribution in [2.75, 3.05) is 18.9 Å². The minimum absolute atomic E-state index is 0.00964. The van der Waals surface area contributed by atoms with Gasteiger partial charge in [0, 0.05) is 23.7 Å². The first kappa shape index (κ1) is 21.9. The number of amides is 1. The van der Waals surface area contributed by atoms with Gasteiger partial charge in [-0.05, 0) is 47.2 Å². The Bertz CT molecular complexity index is 1050. The molecule has 2 atom stereocenters. The van der Waals surface area contributed by atoms with Crippen LogP contribution in [-0.4, -0.2) is 35.6 Å². The molecular formula is C26H28N2O4. The Labute approximate surface area is 187 Å². The summed E-state index contributed by atoms with van der Waals surface area (Å²) in [5, 5.41) is 23.5. The van der Waals surface area contributed by atoms with Gasteiger partial charge >= 0.3 is 6.09 Å². The summed E-state index contributed by atoms with van der Waals surface area (Å²) in [5.41, 5.74) is 12.3. The molecule has 4 rings (SSSR count). The molecule has 3 aromatic carbocycles. The van der Waals surface area contributed by atoms with Crippen molar-refractivity contribution in [2.45, 2.75) is 31.5 Å². The maximum atomic E-state index is 12.3. The Morgan fingerprint density at radius 3 is 2.25 bits per heavy atom. The third kappa shape index (κ3) is 4.33. The van der Waals surface area contributed by atoms with Crippen LogP contribution in [0.25, 0.3) is 11.1 Å². The maximum absolute atomic E-state index is 12.3. The van der Waals surface area contributed by atoms with Crippen LogP contribution in [0.4, 0.5) is 10.5 Å². The summed E-state index contributed by atoms with van der Waals surface area (Å²) in [6.07, 6.45) is -2.57. The van der Waals surface area contributed by atoms with Gasteiger partial charge in [-0.1, -0.05) is 60.7 Å².